The molecule has 1 heterocycles. The number of rotatable bonds is 3. The molecule has 2 aromatic rings. The van der Waals surface area contributed by atoms with Crippen LogP contribution in [0, 0.1) is 0 Å². The Morgan fingerprint density at radius 3 is 2.65 bits per heavy atom. The molecule has 2 N–H and O–H groups in total. The Morgan fingerprint density at radius 1 is 1.31 bits per heavy atom. The van der Waals surface area contributed by atoms with Crippen molar-refractivity contribution < 1.29 is 14.3 Å². The van der Waals surface area contributed by atoms with Crippen LogP contribution in [0.2, 0.25) is 5.02 Å². The number of ether oxygens (including phenoxy) is 1. The second kappa shape index (κ2) is 8.77. The summed E-state index contributed by atoms with van der Waals surface area (Å²) < 4.78 is 4.78. The number of fused-ring (bicyclic) bond motifs is 1. The van der Waals surface area contributed by atoms with Crippen LogP contribution >= 0.6 is 35.8 Å². The summed E-state index contributed by atoms with van der Waals surface area (Å²) in [5.41, 5.74) is 8.01. The summed E-state index contributed by atoms with van der Waals surface area (Å²) in [4.78, 5) is 27.2. The predicted octanol–water partition coefficient (Wildman–Crippen LogP) is 3.51. The zero-order chi connectivity index (χ0) is 18.0. The molecule has 0 unspecified atom stereocenters. The average Bonchev–Trinajstić information content (AvgIpc) is 2.74. The van der Waals surface area contributed by atoms with Gasteiger partial charge in [0, 0.05) is 15.7 Å². The zero-order valence-corrected chi connectivity index (χ0v) is 16.4. The maximum atomic E-state index is 12.8. The highest BCUT2D eigenvalue weighted by molar-refractivity contribution is 7.99. The van der Waals surface area contributed by atoms with E-state index in [0.717, 1.165) is 10.5 Å². The first kappa shape index (κ1) is 20.6. The molecule has 26 heavy (non-hydrogen) atoms. The second-order valence-electron chi connectivity index (χ2n) is 5.64. The number of methoxy groups -OCH3 is 1. The zero-order valence-electron chi connectivity index (χ0n) is 14.0. The van der Waals surface area contributed by atoms with Crippen LogP contribution in [0.1, 0.15) is 15.9 Å². The van der Waals surface area contributed by atoms with Gasteiger partial charge in [0.25, 0.3) is 0 Å². The van der Waals surface area contributed by atoms with Crippen molar-refractivity contribution in [1.82, 2.24) is 0 Å². The summed E-state index contributed by atoms with van der Waals surface area (Å²) in [5, 5.41) is 0.631. The maximum Gasteiger partial charge on any atom is 0.337 e. The van der Waals surface area contributed by atoms with Crippen LogP contribution in [0.15, 0.2) is 47.4 Å². The number of esters is 1. The Morgan fingerprint density at radius 2 is 2.00 bits per heavy atom. The van der Waals surface area contributed by atoms with E-state index in [4.69, 9.17) is 22.1 Å². The van der Waals surface area contributed by atoms with Gasteiger partial charge in [-0.1, -0.05) is 23.7 Å². The summed E-state index contributed by atoms with van der Waals surface area (Å²) in [5.74, 6) is -0.135. The Hall–Kier alpha value is -1.73. The molecule has 0 spiro atoms. The van der Waals surface area contributed by atoms with Gasteiger partial charge in [-0.05, 0) is 35.9 Å². The van der Waals surface area contributed by atoms with E-state index >= 15 is 0 Å². The van der Waals surface area contributed by atoms with Crippen LogP contribution in [0.3, 0.4) is 0 Å². The van der Waals surface area contributed by atoms with Crippen LogP contribution in [0.5, 0.6) is 0 Å². The lowest BCUT2D eigenvalue weighted by Crippen LogP contribution is -2.44. The Balaban J connectivity index is 0.00000243. The molecular formula is C18H18Cl2N2O3S. The van der Waals surface area contributed by atoms with Crippen LogP contribution in [-0.2, 0) is 16.1 Å². The highest BCUT2D eigenvalue weighted by Crippen LogP contribution is 2.36. The molecule has 0 fully saturated rings. The SMILES string of the molecule is COC(=O)c1ccc2c(c1)N(Cc1ccc(Cl)cc1)C(=O)[C@@H](N)CS2.Cl. The van der Waals surface area contributed by atoms with E-state index in [9.17, 15) is 9.59 Å². The summed E-state index contributed by atoms with van der Waals surface area (Å²) in [6.45, 7) is 0.349. The lowest BCUT2D eigenvalue weighted by Gasteiger charge is -2.25. The molecule has 0 saturated carbocycles. The van der Waals surface area contributed by atoms with Crippen molar-refractivity contribution in [2.24, 2.45) is 5.73 Å². The number of hydrogen-bond donors (Lipinski definition) is 1. The van der Waals surface area contributed by atoms with E-state index in [1.165, 1.54) is 18.9 Å². The summed E-state index contributed by atoms with van der Waals surface area (Å²) in [6, 6.07) is 11.9. The normalized spacial score (nSPS) is 16.3. The van der Waals surface area contributed by atoms with Gasteiger partial charge in [-0.15, -0.1) is 24.2 Å². The van der Waals surface area contributed by atoms with Crippen molar-refractivity contribution in [2.75, 3.05) is 17.8 Å². The number of benzene rings is 2. The number of anilines is 1. The van der Waals surface area contributed by atoms with Crippen LogP contribution in [0.25, 0.3) is 0 Å². The lowest BCUT2D eigenvalue weighted by atomic mass is 10.1. The molecule has 1 aliphatic heterocycles. The molecule has 2 aromatic carbocycles. The Kier molecular flexibility index (Phi) is 6.94. The second-order valence-corrected chi connectivity index (χ2v) is 7.14. The van der Waals surface area contributed by atoms with E-state index in [-0.39, 0.29) is 18.3 Å². The van der Waals surface area contributed by atoms with Crippen molar-refractivity contribution in [1.29, 1.82) is 0 Å². The number of thioether (sulfide) groups is 1. The molecule has 0 bridgehead atoms. The number of halogens is 2. The fraction of sp³-hybridized carbons (Fsp3) is 0.222. The van der Waals surface area contributed by atoms with Crippen molar-refractivity contribution >= 4 is 53.3 Å². The number of nitrogens with zero attached hydrogens (tertiary/aromatic N) is 1. The van der Waals surface area contributed by atoms with Gasteiger partial charge in [-0.3, -0.25) is 4.79 Å². The highest BCUT2D eigenvalue weighted by atomic mass is 35.5. The van der Waals surface area contributed by atoms with Crippen molar-refractivity contribution in [3.63, 3.8) is 0 Å². The average molecular weight is 413 g/mol. The molecule has 8 heteroatoms. The van der Waals surface area contributed by atoms with Gasteiger partial charge in [0.2, 0.25) is 5.91 Å². The first-order valence-corrected chi connectivity index (χ1v) is 9.02. The largest absolute Gasteiger partial charge is 0.465 e. The molecule has 1 atom stereocenters. The minimum Gasteiger partial charge on any atom is -0.465 e. The summed E-state index contributed by atoms with van der Waals surface area (Å²) in [6.07, 6.45) is 0. The van der Waals surface area contributed by atoms with Gasteiger partial charge in [0.05, 0.1) is 30.9 Å². The van der Waals surface area contributed by atoms with Crippen molar-refractivity contribution in [3.05, 3.63) is 58.6 Å². The fourth-order valence-corrected chi connectivity index (χ4v) is 3.71. The van der Waals surface area contributed by atoms with Crippen LogP contribution < -0.4 is 10.6 Å². The molecule has 5 nitrogen and oxygen atoms in total. The molecule has 1 aliphatic rings. The Bertz CT molecular complexity index is 815. The minimum absolute atomic E-state index is 0. The number of amides is 1. The lowest BCUT2D eigenvalue weighted by molar-refractivity contribution is -0.119. The molecule has 3 rings (SSSR count). The Labute approximate surface area is 167 Å². The smallest absolute Gasteiger partial charge is 0.337 e. The molecule has 0 radical (unpaired) electrons. The first-order chi connectivity index (χ1) is 12.0. The van der Waals surface area contributed by atoms with Gasteiger partial charge >= 0.3 is 5.97 Å². The van der Waals surface area contributed by atoms with E-state index < -0.39 is 12.0 Å². The standard InChI is InChI=1S/C18H17ClN2O3S.ClH/c1-24-18(23)12-4-7-16-15(8-12)21(17(22)14(20)10-25-16)9-11-2-5-13(19)6-3-11;/h2-8,14H,9-10,20H2,1H3;1H/t14-;/m0./s1. The third kappa shape index (κ3) is 4.32. The van der Waals surface area contributed by atoms with Crippen molar-refractivity contribution in [2.45, 2.75) is 17.5 Å². The number of hydrogen-bond acceptors (Lipinski definition) is 5. The van der Waals surface area contributed by atoms with Gasteiger partial charge in [0.1, 0.15) is 0 Å². The molecular weight excluding hydrogens is 395 g/mol. The topological polar surface area (TPSA) is 72.6 Å². The summed E-state index contributed by atoms with van der Waals surface area (Å²) in [7, 11) is 1.33. The quantitative estimate of drug-likeness (QED) is 0.780. The fourth-order valence-electron chi connectivity index (χ4n) is 2.60. The monoisotopic (exact) mass is 412 g/mol. The van der Waals surface area contributed by atoms with Crippen LogP contribution in [-0.4, -0.2) is 30.8 Å². The van der Waals surface area contributed by atoms with Gasteiger partial charge in [-0.25, -0.2) is 4.79 Å². The molecule has 0 aliphatic carbocycles. The number of carbonyl (C=O) groups is 2. The summed E-state index contributed by atoms with van der Waals surface area (Å²) >= 11 is 7.44. The molecule has 0 saturated heterocycles. The predicted molar refractivity (Wildman–Crippen MR) is 106 cm³/mol. The highest BCUT2D eigenvalue weighted by Gasteiger charge is 2.29. The molecule has 138 valence electrons. The van der Waals surface area contributed by atoms with E-state index in [0.29, 0.717) is 28.6 Å². The molecule has 1 amide bonds. The van der Waals surface area contributed by atoms with E-state index in [1.807, 2.05) is 18.2 Å². The van der Waals surface area contributed by atoms with E-state index in [1.54, 1.807) is 29.2 Å². The maximum absolute atomic E-state index is 12.8. The number of nitrogens with two attached hydrogens (primary N) is 1. The minimum atomic E-state index is -0.605. The molecule has 0 aromatic heterocycles. The van der Waals surface area contributed by atoms with E-state index in [2.05, 4.69) is 0 Å². The van der Waals surface area contributed by atoms with Gasteiger partial charge in [-0.2, -0.15) is 0 Å². The van der Waals surface area contributed by atoms with Crippen LogP contribution in [0.4, 0.5) is 5.69 Å². The van der Waals surface area contributed by atoms with Crippen molar-refractivity contribution in [3.8, 4) is 0 Å². The third-order valence-corrected chi connectivity index (χ3v) is 5.36. The van der Waals surface area contributed by atoms with Gasteiger partial charge in [0.15, 0.2) is 0 Å². The third-order valence-electron chi connectivity index (χ3n) is 3.93. The first-order valence-electron chi connectivity index (χ1n) is 7.66. The number of carbonyl (C=O) groups excluding carboxylic acids is 2. The van der Waals surface area contributed by atoms with Gasteiger partial charge < -0.3 is 15.4 Å².